The minimum atomic E-state index is -0.780. The molecule has 11 heteroatoms. The molecule has 2 heterocycles. The Morgan fingerprint density at radius 3 is 1.98 bits per heavy atom. The third-order valence-corrected chi connectivity index (χ3v) is 11.3. The van der Waals surface area contributed by atoms with Gasteiger partial charge in [0.1, 0.15) is 6.61 Å². The second-order valence-electron chi connectivity index (χ2n) is 15.0. The van der Waals surface area contributed by atoms with Gasteiger partial charge < -0.3 is 39.1 Å². The van der Waals surface area contributed by atoms with Crippen LogP contribution in [0.25, 0.3) is 0 Å². The molecule has 2 aliphatic heterocycles. The van der Waals surface area contributed by atoms with Crippen molar-refractivity contribution in [3.8, 4) is 0 Å². The summed E-state index contributed by atoms with van der Waals surface area (Å²) >= 11 is 0. The number of esters is 1. The third-order valence-electron chi connectivity index (χ3n) is 11.3. The predicted octanol–water partition coefficient (Wildman–Crippen LogP) is 5.41. The number of hydrogen-bond acceptors (Lipinski definition) is 9. The molecule has 4 fully saturated rings. The number of methoxy groups -OCH3 is 1. The topological polar surface area (TPSA) is 131 Å². The highest BCUT2D eigenvalue weighted by molar-refractivity contribution is 5.87. The van der Waals surface area contributed by atoms with E-state index in [2.05, 4.69) is 38.3 Å². The molecule has 4 aliphatic rings. The van der Waals surface area contributed by atoms with Gasteiger partial charge in [0.25, 0.3) is 0 Å². The SMILES string of the molecule is COC(=O)CCC[C@@H]1CC2(C[C@@H](NC(=O)/C=C/C[C@@H]3CC4(C[C@@H](NC(=O)OCc5ccccc5)C3(C)C)OCCO4)C1(C)C)OCCO2. The summed E-state index contributed by atoms with van der Waals surface area (Å²) in [5.74, 6) is -1.66. The summed E-state index contributed by atoms with van der Waals surface area (Å²) in [4.78, 5) is 38.1. The lowest BCUT2D eigenvalue weighted by molar-refractivity contribution is -0.213. The van der Waals surface area contributed by atoms with Gasteiger partial charge in [-0.3, -0.25) is 9.59 Å². The molecule has 2 saturated heterocycles. The van der Waals surface area contributed by atoms with E-state index in [4.69, 9.17) is 28.4 Å². The van der Waals surface area contributed by atoms with Crippen molar-refractivity contribution < 1.29 is 42.8 Å². The molecule has 0 radical (unpaired) electrons. The van der Waals surface area contributed by atoms with Crippen LogP contribution >= 0.6 is 0 Å². The summed E-state index contributed by atoms with van der Waals surface area (Å²) in [6.07, 6.45) is 7.98. The molecule has 4 atom stereocenters. The Kier molecular flexibility index (Phi) is 11.5. The molecule has 2 aliphatic carbocycles. The lowest BCUT2D eigenvalue weighted by Crippen LogP contribution is -2.58. The van der Waals surface area contributed by atoms with E-state index < -0.39 is 17.7 Å². The first-order chi connectivity index (χ1) is 22.9. The molecule has 2 saturated carbocycles. The molecule has 1 aromatic carbocycles. The average Bonchev–Trinajstić information content (AvgIpc) is 3.71. The largest absolute Gasteiger partial charge is 0.469 e. The maximum atomic E-state index is 13.4. The van der Waals surface area contributed by atoms with Crippen molar-refractivity contribution in [1.82, 2.24) is 10.6 Å². The van der Waals surface area contributed by atoms with E-state index in [0.717, 1.165) is 18.4 Å². The van der Waals surface area contributed by atoms with Crippen LogP contribution in [0, 0.1) is 22.7 Å². The van der Waals surface area contributed by atoms with Crippen molar-refractivity contribution in [3.63, 3.8) is 0 Å². The van der Waals surface area contributed by atoms with Crippen LogP contribution in [0.2, 0.25) is 0 Å². The fourth-order valence-corrected chi connectivity index (χ4v) is 8.02. The van der Waals surface area contributed by atoms with Gasteiger partial charge in [0.2, 0.25) is 5.91 Å². The monoisotopic (exact) mass is 670 g/mol. The number of amides is 2. The first kappa shape index (κ1) is 36.3. The quantitative estimate of drug-likeness (QED) is 0.234. The second kappa shape index (κ2) is 15.3. The zero-order chi connectivity index (χ0) is 34.4. The normalized spacial score (nSPS) is 28.4. The minimum absolute atomic E-state index is 0.0571. The van der Waals surface area contributed by atoms with Crippen molar-refractivity contribution in [2.24, 2.45) is 22.7 Å². The number of hydrogen-bond donors (Lipinski definition) is 2. The number of ether oxygens (including phenoxy) is 6. The van der Waals surface area contributed by atoms with Crippen molar-refractivity contribution in [2.45, 2.75) is 109 Å². The first-order valence-electron chi connectivity index (χ1n) is 17.4. The lowest BCUT2D eigenvalue weighted by Gasteiger charge is -2.51. The summed E-state index contributed by atoms with van der Waals surface area (Å²) in [7, 11) is 1.41. The van der Waals surface area contributed by atoms with E-state index in [9.17, 15) is 14.4 Å². The molecule has 2 amide bonds. The molecule has 11 nitrogen and oxygen atoms in total. The Labute approximate surface area is 284 Å². The van der Waals surface area contributed by atoms with E-state index in [1.807, 2.05) is 36.4 Å². The standard InChI is InChI=1S/C37H54N2O9/c1-34(2)28(14-10-16-32(41)43-5)22-36(45-17-18-46-36)23-29(34)38-31(40)15-9-13-27-21-37(47-19-20-48-37)24-30(35(27,3)4)39-33(42)44-25-26-11-7-6-8-12-26/h6-9,11-12,15,27-30H,10,13-14,16-25H2,1-5H3,(H,38,40)(H,39,42)/b15-9+/t27-,28-,29-,30-/m1/s1. The summed E-state index contributed by atoms with van der Waals surface area (Å²) in [5, 5.41) is 6.37. The van der Waals surface area contributed by atoms with Crippen LogP contribution < -0.4 is 10.6 Å². The molecular weight excluding hydrogens is 616 g/mol. The number of benzene rings is 1. The van der Waals surface area contributed by atoms with E-state index in [1.54, 1.807) is 6.08 Å². The Hall–Kier alpha value is -2.99. The van der Waals surface area contributed by atoms with Gasteiger partial charge in [-0.15, -0.1) is 0 Å². The molecule has 2 N–H and O–H groups in total. The van der Waals surface area contributed by atoms with Gasteiger partial charge in [0.05, 0.1) is 33.5 Å². The van der Waals surface area contributed by atoms with Crippen LogP contribution in [-0.2, 0) is 44.6 Å². The van der Waals surface area contributed by atoms with Gasteiger partial charge in [-0.2, -0.15) is 0 Å². The number of rotatable bonds is 11. The van der Waals surface area contributed by atoms with E-state index in [1.165, 1.54) is 7.11 Å². The molecule has 48 heavy (non-hydrogen) atoms. The number of carbonyl (C=O) groups excluding carboxylic acids is 3. The highest BCUT2D eigenvalue weighted by Gasteiger charge is 2.55. The second-order valence-corrected chi connectivity index (χ2v) is 15.0. The molecule has 266 valence electrons. The van der Waals surface area contributed by atoms with Crippen LogP contribution in [0.1, 0.15) is 84.6 Å². The molecule has 1 aromatic rings. The number of allylic oxidation sites excluding steroid dienone is 1. The van der Waals surface area contributed by atoms with Crippen LogP contribution in [0.4, 0.5) is 4.79 Å². The summed E-state index contributed by atoms with van der Waals surface area (Å²) in [6.45, 7) is 10.9. The van der Waals surface area contributed by atoms with Crippen LogP contribution in [0.5, 0.6) is 0 Å². The highest BCUT2D eigenvalue weighted by atomic mass is 16.7. The predicted molar refractivity (Wildman–Crippen MR) is 177 cm³/mol. The maximum absolute atomic E-state index is 13.4. The Bertz CT molecular complexity index is 1280. The number of nitrogens with one attached hydrogen (secondary N) is 2. The zero-order valence-electron chi connectivity index (χ0n) is 29.2. The zero-order valence-corrected chi connectivity index (χ0v) is 29.2. The molecule has 0 bridgehead atoms. The van der Waals surface area contributed by atoms with Crippen molar-refractivity contribution >= 4 is 18.0 Å². The van der Waals surface area contributed by atoms with E-state index >= 15 is 0 Å². The summed E-state index contributed by atoms with van der Waals surface area (Å²) < 4.78 is 34.9. The first-order valence-corrected chi connectivity index (χ1v) is 17.4. The van der Waals surface area contributed by atoms with Crippen molar-refractivity contribution in [2.75, 3.05) is 33.5 Å². The summed E-state index contributed by atoms with van der Waals surface area (Å²) in [5.41, 5.74) is 0.336. The van der Waals surface area contributed by atoms with Gasteiger partial charge in [-0.1, -0.05) is 64.1 Å². The van der Waals surface area contributed by atoms with Crippen molar-refractivity contribution in [3.05, 3.63) is 48.0 Å². The number of carbonyl (C=O) groups is 3. The van der Waals surface area contributed by atoms with Gasteiger partial charge in [-0.05, 0) is 53.6 Å². The third kappa shape index (κ3) is 8.59. The fourth-order valence-electron chi connectivity index (χ4n) is 8.02. The lowest BCUT2D eigenvalue weighted by atomic mass is 9.62. The number of alkyl carbamates (subject to hydrolysis) is 1. The van der Waals surface area contributed by atoms with E-state index in [0.29, 0.717) is 65.0 Å². The van der Waals surface area contributed by atoms with Crippen LogP contribution in [0.3, 0.4) is 0 Å². The van der Waals surface area contributed by atoms with E-state index in [-0.39, 0.29) is 53.2 Å². The molecule has 5 rings (SSSR count). The summed E-state index contributed by atoms with van der Waals surface area (Å²) in [6, 6.07) is 9.14. The highest BCUT2D eigenvalue weighted by Crippen LogP contribution is 2.51. The van der Waals surface area contributed by atoms with Crippen LogP contribution in [0.15, 0.2) is 42.5 Å². The minimum Gasteiger partial charge on any atom is -0.469 e. The van der Waals surface area contributed by atoms with Crippen molar-refractivity contribution in [1.29, 1.82) is 0 Å². The average molecular weight is 671 g/mol. The molecule has 0 unspecified atom stereocenters. The fraction of sp³-hybridized carbons (Fsp3) is 0.703. The van der Waals surface area contributed by atoms with Gasteiger partial charge in [0.15, 0.2) is 11.6 Å². The van der Waals surface area contributed by atoms with Gasteiger partial charge in [0, 0.05) is 44.2 Å². The smallest absolute Gasteiger partial charge is 0.407 e. The Morgan fingerprint density at radius 2 is 1.38 bits per heavy atom. The molecular formula is C37H54N2O9. The maximum Gasteiger partial charge on any atom is 0.407 e. The molecule has 2 spiro atoms. The van der Waals surface area contributed by atoms with Gasteiger partial charge in [-0.25, -0.2) is 4.79 Å². The Balaban J connectivity index is 1.22. The van der Waals surface area contributed by atoms with Gasteiger partial charge >= 0.3 is 12.1 Å². The van der Waals surface area contributed by atoms with Crippen LogP contribution in [-0.4, -0.2) is 75.2 Å². The molecule has 0 aromatic heterocycles. The Morgan fingerprint density at radius 1 is 0.812 bits per heavy atom.